The van der Waals surface area contributed by atoms with E-state index in [1.807, 2.05) is 91.0 Å². The third-order valence-electron chi connectivity index (χ3n) is 4.18. The fraction of sp³-hybridized carbons (Fsp3) is 0.125. The van der Waals surface area contributed by atoms with Crippen molar-refractivity contribution >= 4 is 29.2 Å². The van der Waals surface area contributed by atoms with Gasteiger partial charge in [0.15, 0.2) is 0 Å². The van der Waals surface area contributed by atoms with Gasteiger partial charge >= 0.3 is 0 Å². The molecule has 28 heavy (non-hydrogen) atoms. The molecule has 3 rings (SSSR count). The summed E-state index contributed by atoms with van der Waals surface area (Å²) in [7, 11) is 0. The molecular weight excluding hydrogens is 370 g/mol. The maximum absolute atomic E-state index is 12.8. The van der Waals surface area contributed by atoms with Crippen LogP contribution in [0.25, 0.3) is 11.6 Å². The predicted molar refractivity (Wildman–Crippen MR) is 115 cm³/mol. The van der Waals surface area contributed by atoms with Gasteiger partial charge in [0.1, 0.15) is 0 Å². The summed E-state index contributed by atoms with van der Waals surface area (Å²) in [6.07, 6.45) is 1.82. The van der Waals surface area contributed by atoms with Crippen LogP contribution in [0, 0.1) is 0 Å². The minimum Gasteiger partial charge on any atom is -0.375 e. The normalized spacial score (nSPS) is 11.2. The summed E-state index contributed by atoms with van der Waals surface area (Å²) in [6, 6.07) is 27.0. The molecule has 1 amide bonds. The number of hydrogen-bond acceptors (Lipinski definition) is 2. The summed E-state index contributed by atoms with van der Waals surface area (Å²) in [4.78, 5) is 12.8. The van der Waals surface area contributed by atoms with E-state index in [1.54, 1.807) is 0 Å². The molecule has 0 aliphatic heterocycles. The Morgan fingerprint density at radius 3 is 2.25 bits per heavy atom. The monoisotopic (exact) mass is 391 g/mol. The third-order valence-corrected chi connectivity index (χ3v) is 4.52. The van der Waals surface area contributed by atoms with E-state index in [1.165, 1.54) is 0 Å². The summed E-state index contributed by atoms with van der Waals surface area (Å²) in [5, 5.41) is 3.54. The number of hydrogen-bond donors (Lipinski definition) is 1. The minimum atomic E-state index is -0.158. The van der Waals surface area contributed by atoms with Crippen LogP contribution in [0.15, 0.2) is 84.9 Å². The number of ether oxygens (including phenoxy) is 1. The number of nitrogens with one attached hydrogen (secondary N) is 1. The number of rotatable bonds is 8. The second kappa shape index (κ2) is 10.5. The first-order chi connectivity index (χ1) is 13.7. The molecule has 3 nitrogen and oxygen atoms in total. The first-order valence-electron chi connectivity index (χ1n) is 9.15. The van der Waals surface area contributed by atoms with Gasteiger partial charge in [0.25, 0.3) is 5.91 Å². The number of benzene rings is 3. The molecular formula is C24H22ClNO2. The van der Waals surface area contributed by atoms with Crippen molar-refractivity contribution in [3.8, 4) is 0 Å². The van der Waals surface area contributed by atoms with Crippen LogP contribution in [-0.4, -0.2) is 19.1 Å². The molecule has 1 N–H and O–H groups in total. The average molecular weight is 392 g/mol. The number of carbonyl (C=O) groups is 1. The van der Waals surface area contributed by atoms with Gasteiger partial charge in [-0.2, -0.15) is 0 Å². The highest BCUT2D eigenvalue weighted by Gasteiger charge is 2.12. The quantitative estimate of drug-likeness (QED) is 0.325. The van der Waals surface area contributed by atoms with E-state index in [9.17, 15) is 4.79 Å². The van der Waals surface area contributed by atoms with E-state index in [4.69, 9.17) is 16.3 Å². The van der Waals surface area contributed by atoms with Gasteiger partial charge in [-0.1, -0.05) is 90.5 Å². The Labute approximate surface area is 170 Å². The maximum atomic E-state index is 12.8. The Balaban J connectivity index is 1.63. The Bertz CT molecular complexity index is 924. The fourth-order valence-electron chi connectivity index (χ4n) is 2.74. The number of carbonyl (C=O) groups excluding carboxylic acids is 1. The first-order valence-corrected chi connectivity index (χ1v) is 9.53. The van der Waals surface area contributed by atoms with Crippen LogP contribution in [0.1, 0.15) is 16.7 Å². The molecule has 0 aliphatic carbocycles. The van der Waals surface area contributed by atoms with E-state index < -0.39 is 0 Å². The van der Waals surface area contributed by atoms with Crippen molar-refractivity contribution in [3.05, 3.63) is 107 Å². The molecule has 0 unspecified atom stereocenters. The van der Waals surface area contributed by atoms with Gasteiger partial charge in [-0.25, -0.2) is 0 Å². The summed E-state index contributed by atoms with van der Waals surface area (Å²) in [6.45, 7) is 1.39. The largest absolute Gasteiger partial charge is 0.375 e. The second-order valence-corrected chi connectivity index (χ2v) is 6.65. The summed E-state index contributed by atoms with van der Waals surface area (Å²) >= 11 is 6.27. The van der Waals surface area contributed by atoms with Gasteiger partial charge in [0.05, 0.1) is 13.2 Å². The van der Waals surface area contributed by atoms with Crippen molar-refractivity contribution in [1.82, 2.24) is 5.32 Å². The van der Waals surface area contributed by atoms with Crippen LogP contribution >= 0.6 is 11.6 Å². The lowest BCUT2D eigenvalue weighted by Gasteiger charge is -2.11. The average Bonchev–Trinajstić information content (AvgIpc) is 2.74. The molecule has 142 valence electrons. The van der Waals surface area contributed by atoms with Crippen LogP contribution < -0.4 is 5.32 Å². The summed E-state index contributed by atoms with van der Waals surface area (Å²) < 4.78 is 5.64. The molecule has 0 saturated heterocycles. The smallest absolute Gasteiger partial charge is 0.251 e. The Kier molecular flexibility index (Phi) is 7.42. The van der Waals surface area contributed by atoms with Gasteiger partial charge in [-0.05, 0) is 28.8 Å². The molecule has 0 aliphatic rings. The van der Waals surface area contributed by atoms with E-state index in [0.717, 1.165) is 16.7 Å². The Morgan fingerprint density at radius 1 is 0.893 bits per heavy atom. The molecule has 0 spiro atoms. The lowest BCUT2D eigenvalue weighted by Crippen LogP contribution is -2.28. The predicted octanol–water partition coefficient (Wildman–Crippen LogP) is 5.21. The highest BCUT2D eigenvalue weighted by atomic mass is 35.5. The molecule has 0 aromatic heterocycles. The summed E-state index contributed by atoms with van der Waals surface area (Å²) in [5.41, 5.74) is 3.32. The highest BCUT2D eigenvalue weighted by Crippen LogP contribution is 2.23. The molecule has 3 aromatic rings. The zero-order valence-electron chi connectivity index (χ0n) is 15.5. The Hall–Kier alpha value is -2.88. The van der Waals surface area contributed by atoms with Gasteiger partial charge in [0, 0.05) is 17.1 Å². The molecule has 0 radical (unpaired) electrons. The van der Waals surface area contributed by atoms with E-state index in [0.29, 0.717) is 30.4 Å². The lowest BCUT2D eigenvalue weighted by atomic mass is 10.0. The third kappa shape index (κ3) is 5.81. The van der Waals surface area contributed by atoms with Crippen molar-refractivity contribution in [3.63, 3.8) is 0 Å². The SMILES string of the molecule is O=C(NCCOCc1ccccc1)/C(=C/c1ccccc1Cl)c1ccccc1. The first kappa shape index (κ1) is 19.9. The van der Waals surface area contributed by atoms with Crippen LogP contribution in [0.2, 0.25) is 5.02 Å². The maximum Gasteiger partial charge on any atom is 0.251 e. The molecule has 0 bridgehead atoms. The van der Waals surface area contributed by atoms with Gasteiger partial charge < -0.3 is 10.1 Å². The van der Waals surface area contributed by atoms with E-state index in [-0.39, 0.29) is 5.91 Å². The van der Waals surface area contributed by atoms with Crippen LogP contribution in [0.3, 0.4) is 0 Å². The molecule has 0 atom stereocenters. The van der Waals surface area contributed by atoms with E-state index in [2.05, 4.69) is 5.32 Å². The molecule has 0 fully saturated rings. The summed E-state index contributed by atoms with van der Waals surface area (Å²) in [5.74, 6) is -0.158. The van der Waals surface area contributed by atoms with Gasteiger partial charge in [0.2, 0.25) is 0 Å². The Morgan fingerprint density at radius 2 is 1.54 bits per heavy atom. The minimum absolute atomic E-state index is 0.158. The van der Waals surface area contributed by atoms with Crippen molar-refractivity contribution in [2.75, 3.05) is 13.2 Å². The van der Waals surface area contributed by atoms with Gasteiger partial charge in [-0.15, -0.1) is 0 Å². The van der Waals surface area contributed by atoms with Crippen LogP contribution in [-0.2, 0) is 16.1 Å². The zero-order chi connectivity index (χ0) is 19.6. The van der Waals surface area contributed by atoms with Crippen molar-refractivity contribution in [2.45, 2.75) is 6.61 Å². The van der Waals surface area contributed by atoms with Crippen molar-refractivity contribution < 1.29 is 9.53 Å². The second-order valence-electron chi connectivity index (χ2n) is 6.24. The van der Waals surface area contributed by atoms with Crippen molar-refractivity contribution in [2.24, 2.45) is 0 Å². The van der Waals surface area contributed by atoms with Gasteiger partial charge in [-0.3, -0.25) is 4.79 Å². The molecule has 0 saturated carbocycles. The van der Waals surface area contributed by atoms with Crippen LogP contribution in [0.4, 0.5) is 0 Å². The number of amides is 1. The fourth-order valence-corrected chi connectivity index (χ4v) is 2.93. The zero-order valence-corrected chi connectivity index (χ0v) is 16.2. The molecule has 3 aromatic carbocycles. The van der Waals surface area contributed by atoms with Crippen molar-refractivity contribution in [1.29, 1.82) is 0 Å². The molecule has 0 heterocycles. The van der Waals surface area contributed by atoms with Crippen LogP contribution in [0.5, 0.6) is 0 Å². The highest BCUT2D eigenvalue weighted by molar-refractivity contribution is 6.33. The topological polar surface area (TPSA) is 38.3 Å². The number of halogens is 1. The standard InChI is InChI=1S/C24H22ClNO2/c25-23-14-8-7-13-21(23)17-22(20-11-5-2-6-12-20)24(27)26-15-16-28-18-19-9-3-1-4-10-19/h1-14,17H,15-16,18H2,(H,26,27)/b22-17+. The lowest BCUT2D eigenvalue weighted by molar-refractivity contribution is -0.115. The molecule has 4 heteroatoms. The van der Waals surface area contributed by atoms with E-state index >= 15 is 0 Å².